The fourth-order valence-corrected chi connectivity index (χ4v) is 1.52. The number of benzene rings is 1. The van der Waals surface area contributed by atoms with Crippen LogP contribution in [0.15, 0.2) is 18.2 Å². The summed E-state index contributed by atoms with van der Waals surface area (Å²) >= 11 is 5.76. The smallest absolute Gasteiger partial charge is 0.164 e. The van der Waals surface area contributed by atoms with Crippen molar-refractivity contribution in [2.24, 2.45) is 0 Å². The molecular weight excluding hydrogens is 216 g/mol. The van der Waals surface area contributed by atoms with Crippen LogP contribution in [0.2, 0.25) is 5.02 Å². The molecule has 1 aromatic rings. The van der Waals surface area contributed by atoms with Gasteiger partial charge in [-0.15, -0.1) is 0 Å². The van der Waals surface area contributed by atoms with Gasteiger partial charge >= 0.3 is 0 Å². The highest BCUT2D eigenvalue weighted by Gasteiger charge is 2.07. The zero-order valence-electron chi connectivity index (χ0n) is 8.52. The number of likely N-dealkylation sites (N-methyl/N-ethyl adjacent to an activating group) is 1. The van der Waals surface area contributed by atoms with Crippen LogP contribution in [-0.2, 0) is 6.54 Å². The van der Waals surface area contributed by atoms with Crippen molar-refractivity contribution in [3.05, 3.63) is 28.8 Å². The van der Waals surface area contributed by atoms with E-state index in [1.807, 2.05) is 6.07 Å². The minimum Gasteiger partial charge on any atom is -0.398 e. The number of halogens is 1. The first-order valence-electron chi connectivity index (χ1n) is 4.57. The van der Waals surface area contributed by atoms with Crippen molar-refractivity contribution in [1.82, 2.24) is 4.90 Å². The number of anilines is 1. The fourth-order valence-electron chi connectivity index (χ4n) is 1.34. The number of aliphatic hydroxyl groups excluding tert-OH is 1. The van der Waals surface area contributed by atoms with Crippen LogP contribution in [0.25, 0.3) is 0 Å². The second-order valence-corrected chi connectivity index (χ2v) is 3.96. The van der Waals surface area contributed by atoms with Crippen molar-refractivity contribution < 1.29 is 10.2 Å². The first-order valence-corrected chi connectivity index (χ1v) is 4.95. The highest BCUT2D eigenvalue weighted by molar-refractivity contribution is 6.30. The maximum Gasteiger partial charge on any atom is 0.164 e. The van der Waals surface area contributed by atoms with Gasteiger partial charge in [-0.3, -0.25) is 4.90 Å². The lowest BCUT2D eigenvalue weighted by Gasteiger charge is -2.18. The lowest BCUT2D eigenvalue weighted by atomic mass is 10.1. The molecule has 0 heterocycles. The van der Waals surface area contributed by atoms with Gasteiger partial charge in [0.1, 0.15) is 0 Å². The van der Waals surface area contributed by atoms with Crippen molar-refractivity contribution in [3.8, 4) is 0 Å². The summed E-state index contributed by atoms with van der Waals surface area (Å²) in [5.74, 6) is 0. The molecule has 1 aromatic carbocycles. The number of nitrogens with zero attached hydrogens (tertiary/aromatic N) is 1. The van der Waals surface area contributed by atoms with Crippen molar-refractivity contribution in [1.29, 1.82) is 0 Å². The molecule has 4 nitrogen and oxygen atoms in total. The second kappa shape index (κ2) is 5.32. The van der Waals surface area contributed by atoms with Gasteiger partial charge < -0.3 is 15.9 Å². The zero-order valence-corrected chi connectivity index (χ0v) is 9.28. The fraction of sp³-hybridized carbons (Fsp3) is 0.400. The number of nitrogens with two attached hydrogens (primary N) is 1. The summed E-state index contributed by atoms with van der Waals surface area (Å²) in [6.45, 7) is 0.739. The van der Waals surface area contributed by atoms with E-state index in [-0.39, 0.29) is 6.54 Å². The second-order valence-electron chi connectivity index (χ2n) is 3.52. The molecule has 84 valence electrons. The maximum atomic E-state index is 8.78. The molecule has 0 saturated heterocycles. The summed E-state index contributed by atoms with van der Waals surface area (Å²) in [6, 6.07) is 5.27. The van der Waals surface area contributed by atoms with Crippen LogP contribution in [0.5, 0.6) is 0 Å². The average molecular weight is 231 g/mol. The van der Waals surface area contributed by atoms with Gasteiger partial charge in [-0.1, -0.05) is 17.7 Å². The van der Waals surface area contributed by atoms with Crippen LogP contribution in [0.4, 0.5) is 5.69 Å². The summed E-state index contributed by atoms with van der Waals surface area (Å²) in [6.07, 6.45) is -1.33. The van der Waals surface area contributed by atoms with E-state index < -0.39 is 6.29 Å². The Bertz CT molecular complexity index is 331. The third kappa shape index (κ3) is 4.05. The molecule has 0 fully saturated rings. The van der Waals surface area contributed by atoms with Crippen molar-refractivity contribution in [2.75, 3.05) is 19.3 Å². The molecule has 4 N–H and O–H groups in total. The van der Waals surface area contributed by atoms with E-state index in [0.29, 0.717) is 17.3 Å². The Balaban J connectivity index is 2.64. The molecule has 1 rings (SSSR count). The van der Waals surface area contributed by atoms with E-state index in [2.05, 4.69) is 0 Å². The molecule has 0 saturated carbocycles. The van der Waals surface area contributed by atoms with Gasteiger partial charge in [-0.25, -0.2) is 0 Å². The number of rotatable bonds is 4. The molecular formula is C10H15ClN2O2. The van der Waals surface area contributed by atoms with E-state index in [9.17, 15) is 0 Å². The molecule has 0 amide bonds. The average Bonchev–Trinajstić information content (AvgIpc) is 2.08. The van der Waals surface area contributed by atoms with Gasteiger partial charge in [0.05, 0.1) is 0 Å². The molecule has 5 heteroatoms. The third-order valence-electron chi connectivity index (χ3n) is 2.02. The zero-order chi connectivity index (χ0) is 11.4. The van der Waals surface area contributed by atoms with Crippen LogP contribution in [-0.4, -0.2) is 35.0 Å². The van der Waals surface area contributed by atoms with Gasteiger partial charge in [-0.2, -0.15) is 0 Å². The third-order valence-corrected chi connectivity index (χ3v) is 2.26. The Hall–Kier alpha value is -0.810. The topological polar surface area (TPSA) is 69.7 Å². The summed E-state index contributed by atoms with van der Waals surface area (Å²) in [7, 11) is 1.79. The molecule has 0 aromatic heterocycles. The Morgan fingerprint density at radius 3 is 2.67 bits per heavy atom. The van der Waals surface area contributed by atoms with Crippen LogP contribution in [0, 0.1) is 0 Å². The van der Waals surface area contributed by atoms with E-state index in [1.165, 1.54) is 0 Å². The van der Waals surface area contributed by atoms with E-state index in [4.69, 9.17) is 27.5 Å². The SMILES string of the molecule is CN(Cc1ccc(Cl)cc1N)CC(O)O. The van der Waals surface area contributed by atoms with Gasteiger partial charge in [0.25, 0.3) is 0 Å². The first kappa shape index (κ1) is 12.3. The minimum absolute atomic E-state index is 0.183. The monoisotopic (exact) mass is 230 g/mol. The first-order chi connectivity index (χ1) is 6.99. The molecule has 0 unspecified atom stereocenters. The number of nitrogen functional groups attached to an aromatic ring is 1. The molecule has 0 radical (unpaired) electrons. The number of hydrogen-bond donors (Lipinski definition) is 3. The van der Waals surface area contributed by atoms with Crippen LogP contribution in [0.1, 0.15) is 5.56 Å². The summed E-state index contributed by atoms with van der Waals surface area (Å²) < 4.78 is 0. The number of hydrogen-bond acceptors (Lipinski definition) is 4. The molecule has 0 bridgehead atoms. The van der Waals surface area contributed by atoms with Crippen LogP contribution >= 0.6 is 11.6 Å². The Morgan fingerprint density at radius 1 is 1.47 bits per heavy atom. The quantitative estimate of drug-likeness (QED) is 0.525. The van der Waals surface area contributed by atoms with E-state index >= 15 is 0 Å². The minimum atomic E-state index is -1.33. The highest BCUT2D eigenvalue weighted by atomic mass is 35.5. The Kier molecular flexibility index (Phi) is 4.35. The summed E-state index contributed by atoms with van der Waals surface area (Å²) in [4.78, 5) is 1.77. The Morgan fingerprint density at radius 2 is 2.13 bits per heavy atom. The molecule has 0 spiro atoms. The largest absolute Gasteiger partial charge is 0.398 e. The molecule has 15 heavy (non-hydrogen) atoms. The van der Waals surface area contributed by atoms with Crippen LogP contribution < -0.4 is 5.73 Å². The normalized spacial score (nSPS) is 11.3. The van der Waals surface area contributed by atoms with Crippen molar-refractivity contribution in [2.45, 2.75) is 12.8 Å². The highest BCUT2D eigenvalue weighted by Crippen LogP contribution is 2.19. The van der Waals surface area contributed by atoms with Gasteiger partial charge in [0, 0.05) is 23.8 Å². The molecule has 0 atom stereocenters. The molecule has 0 aliphatic rings. The van der Waals surface area contributed by atoms with Crippen molar-refractivity contribution >= 4 is 17.3 Å². The number of aliphatic hydroxyl groups is 2. The Labute approximate surface area is 93.9 Å². The lowest BCUT2D eigenvalue weighted by Crippen LogP contribution is -2.28. The van der Waals surface area contributed by atoms with E-state index in [0.717, 1.165) is 5.56 Å². The molecule has 0 aliphatic heterocycles. The van der Waals surface area contributed by atoms with E-state index in [1.54, 1.807) is 24.1 Å². The maximum absolute atomic E-state index is 8.78. The van der Waals surface area contributed by atoms with Gasteiger partial charge in [-0.05, 0) is 24.7 Å². The van der Waals surface area contributed by atoms with Gasteiger partial charge in [0.2, 0.25) is 0 Å². The van der Waals surface area contributed by atoms with Crippen molar-refractivity contribution in [3.63, 3.8) is 0 Å². The predicted octanol–water partition coefficient (Wildman–Crippen LogP) is 0.665. The summed E-state index contributed by atoms with van der Waals surface area (Å²) in [5.41, 5.74) is 7.30. The molecule has 0 aliphatic carbocycles. The van der Waals surface area contributed by atoms with Crippen LogP contribution in [0.3, 0.4) is 0 Å². The summed E-state index contributed by atoms with van der Waals surface area (Å²) in [5, 5.41) is 18.1. The standard InChI is InChI=1S/C10H15ClN2O2/c1-13(6-10(14)15)5-7-2-3-8(11)4-9(7)12/h2-4,10,14-15H,5-6,12H2,1H3. The van der Waals surface area contributed by atoms with Gasteiger partial charge in [0.15, 0.2) is 6.29 Å². The predicted molar refractivity (Wildman–Crippen MR) is 60.4 cm³/mol. The lowest BCUT2D eigenvalue weighted by molar-refractivity contribution is -0.0583.